The average Bonchev–Trinajstić information content (AvgIpc) is 2.15. The van der Waals surface area contributed by atoms with Gasteiger partial charge in [-0.2, -0.15) is 0 Å². The van der Waals surface area contributed by atoms with Crippen LogP contribution in [0.25, 0.3) is 0 Å². The molecule has 0 saturated carbocycles. The highest BCUT2D eigenvalue weighted by molar-refractivity contribution is 5.93. The lowest BCUT2D eigenvalue weighted by atomic mass is 10.1. The van der Waals surface area contributed by atoms with Crippen molar-refractivity contribution in [1.82, 2.24) is 4.90 Å². The van der Waals surface area contributed by atoms with Crippen LogP contribution in [0.2, 0.25) is 0 Å². The number of aliphatic hydroxyl groups is 1. The minimum atomic E-state index is -2.36. The van der Waals surface area contributed by atoms with E-state index in [0.717, 1.165) is 0 Å². The van der Waals surface area contributed by atoms with Crippen LogP contribution < -0.4 is 0 Å². The fourth-order valence-electron chi connectivity index (χ4n) is 0.946. The monoisotopic (exact) mass is 181 g/mol. The van der Waals surface area contributed by atoms with Crippen molar-refractivity contribution in [2.24, 2.45) is 0 Å². The van der Waals surface area contributed by atoms with Crippen LogP contribution in [-0.4, -0.2) is 30.0 Å². The highest BCUT2D eigenvalue weighted by atomic mass is 16.3. The quantitative estimate of drug-likeness (QED) is 0.735. The predicted octanol–water partition coefficient (Wildman–Crippen LogP) is 0.881. The van der Waals surface area contributed by atoms with Gasteiger partial charge in [0.2, 0.25) is 0 Å². The third kappa shape index (κ3) is 2.29. The second-order valence-electron chi connectivity index (χ2n) is 2.89. The molecule has 3 nitrogen and oxygen atoms in total. The summed E-state index contributed by atoms with van der Waals surface area (Å²) < 4.78 is 14.1. The number of nitrogens with zero attached hydrogens (tertiary/aromatic N) is 1. The van der Waals surface area contributed by atoms with Crippen molar-refractivity contribution in [3.63, 3.8) is 0 Å². The summed E-state index contributed by atoms with van der Waals surface area (Å²) in [6.45, 7) is -2.36. The number of carbonyl (C=O) groups excluding carboxylic acids is 1. The van der Waals surface area contributed by atoms with E-state index in [9.17, 15) is 4.79 Å². The van der Waals surface area contributed by atoms with E-state index in [0.29, 0.717) is 5.56 Å². The number of benzene rings is 1. The van der Waals surface area contributed by atoms with Crippen molar-refractivity contribution < 1.29 is 12.6 Å². The first-order chi connectivity index (χ1) is 6.82. The van der Waals surface area contributed by atoms with Crippen LogP contribution in [0.15, 0.2) is 24.3 Å². The molecule has 0 radical (unpaired) electrons. The van der Waals surface area contributed by atoms with Gasteiger partial charge in [0, 0.05) is 19.7 Å². The summed E-state index contributed by atoms with van der Waals surface area (Å²) in [5.41, 5.74) is 0.603. The lowest BCUT2D eigenvalue weighted by Crippen LogP contribution is -2.21. The maximum absolute atomic E-state index is 11.5. The Morgan fingerprint density at radius 2 is 2.00 bits per heavy atom. The van der Waals surface area contributed by atoms with Gasteiger partial charge >= 0.3 is 0 Å². The van der Waals surface area contributed by atoms with Gasteiger partial charge in [0.25, 0.3) is 5.91 Å². The van der Waals surface area contributed by atoms with Gasteiger partial charge in [-0.25, -0.2) is 0 Å². The molecule has 1 aromatic rings. The van der Waals surface area contributed by atoms with E-state index in [1.165, 1.54) is 29.2 Å². The van der Waals surface area contributed by atoms with E-state index in [-0.39, 0.29) is 11.5 Å². The van der Waals surface area contributed by atoms with Crippen LogP contribution in [0.3, 0.4) is 0 Å². The molecule has 3 heteroatoms. The van der Waals surface area contributed by atoms with Crippen molar-refractivity contribution >= 4 is 5.91 Å². The predicted molar refractivity (Wildman–Crippen MR) is 50.4 cm³/mol. The SMILES string of the molecule is [2H]C([2H])(O)c1ccc(C(=O)N(C)C)cc1. The Morgan fingerprint density at radius 3 is 2.38 bits per heavy atom. The highest BCUT2D eigenvalue weighted by Gasteiger charge is 2.06. The standard InChI is InChI=1S/C10H13NO2/c1-11(2)10(13)9-5-3-8(7-12)4-6-9/h3-6,12H,7H2,1-2H3/i7D2. The molecule has 1 rings (SSSR count). The van der Waals surface area contributed by atoms with Crippen LogP contribution in [-0.2, 0) is 6.56 Å². The zero-order chi connectivity index (χ0) is 11.6. The molecule has 70 valence electrons. The zero-order valence-electron chi connectivity index (χ0n) is 9.61. The second-order valence-corrected chi connectivity index (χ2v) is 2.89. The lowest BCUT2D eigenvalue weighted by Gasteiger charge is -2.09. The maximum Gasteiger partial charge on any atom is 0.253 e. The Labute approximate surface area is 80.4 Å². The maximum atomic E-state index is 11.5. The summed E-state index contributed by atoms with van der Waals surface area (Å²) in [6, 6.07) is 5.78. The Morgan fingerprint density at radius 1 is 1.46 bits per heavy atom. The van der Waals surface area contributed by atoms with E-state index in [2.05, 4.69) is 0 Å². The summed E-state index contributed by atoms with van der Waals surface area (Å²) in [4.78, 5) is 12.9. The fourth-order valence-corrected chi connectivity index (χ4v) is 0.946. The zero-order valence-corrected chi connectivity index (χ0v) is 7.61. The highest BCUT2D eigenvalue weighted by Crippen LogP contribution is 2.05. The molecular formula is C10H13NO2. The molecule has 0 spiro atoms. The first kappa shape index (κ1) is 7.09. The molecule has 0 fully saturated rings. The molecule has 0 heterocycles. The summed E-state index contributed by atoms with van der Waals surface area (Å²) in [7, 11) is 3.28. The van der Waals surface area contributed by atoms with Gasteiger partial charge in [-0.3, -0.25) is 4.79 Å². The number of amides is 1. The number of hydrogen-bond acceptors (Lipinski definition) is 2. The molecule has 0 aliphatic rings. The van der Waals surface area contributed by atoms with Gasteiger partial charge in [-0.05, 0) is 17.7 Å². The van der Waals surface area contributed by atoms with Gasteiger partial charge in [-0.15, -0.1) is 0 Å². The van der Waals surface area contributed by atoms with E-state index in [1.54, 1.807) is 14.1 Å². The van der Waals surface area contributed by atoms with Crippen LogP contribution in [0, 0.1) is 0 Å². The smallest absolute Gasteiger partial charge is 0.253 e. The van der Waals surface area contributed by atoms with Crippen LogP contribution in [0.5, 0.6) is 0 Å². The summed E-state index contributed by atoms with van der Waals surface area (Å²) in [5, 5.41) is 9.07. The molecule has 0 atom stereocenters. The topological polar surface area (TPSA) is 40.5 Å². The molecule has 0 aromatic heterocycles. The minimum Gasteiger partial charge on any atom is -0.392 e. The van der Waals surface area contributed by atoms with E-state index < -0.39 is 6.56 Å². The Balaban J connectivity index is 2.96. The number of carbonyl (C=O) groups is 1. The van der Waals surface area contributed by atoms with Gasteiger partial charge < -0.3 is 10.0 Å². The van der Waals surface area contributed by atoms with E-state index in [1.807, 2.05) is 0 Å². The molecule has 1 aromatic carbocycles. The summed E-state index contributed by atoms with van der Waals surface area (Å²) >= 11 is 0. The van der Waals surface area contributed by atoms with Crippen LogP contribution >= 0.6 is 0 Å². The number of rotatable bonds is 2. The second kappa shape index (κ2) is 4.05. The molecule has 0 bridgehead atoms. The molecule has 0 aliphatic heterocycles. The van der Waals surface area contributed by atoms with Crippen molar-refractivity contribution in [1.29, 1.82) is 0 Å². The minimum absolute atomic E-state index is 0.137. The van der Waals surface area contributed by atoms with E-state index in [4.69, 9.17) is 7.85 Å². The van der Waals surface area contributed by atoms with Gasteiger partial charge in [0.05, 0.1) is 9.30 Å². The number of hydrogen-bond donors (Lipinski definition) is 1. The van der Waals surface area contributed by atoms with E-state index >= 15 is 0 Å². The van der Waals surface area contributed by atoms with Crippen LogP contribution in [0.4, 0.5) is 0 Å². The molecular weight excluding hydrogens is 166 g/mol. The molecule has 0 aliphatic carbocycles. The van der Waals surface area contributed by atoms with Gasteiger partial charge in [0.1, 0.15) is 0 Å². The Kier molecular flexibility index (Phi) is 2.21. The van der Waals surface area contributed by atoms with Crippen molar-refractivity contribution in [3.8, 4) is 0 Å². The average molecular weight is 181 g/mol. The van der Waals surface area contributed by atoms with Crippen molar-refractivity contribution in [3.05, 3.63) is 35.4 Å². The Hall–Kier alpha value is -1.35. The van der Waals surface area contributed by atoms with Gasteiger partial charge in [0.15, 0.2) is 0 Å². The summed E-state index contributed by atoms with van der Waals surface area (Å²) in [5.74, 6) is -0.153. The van der Waals surface area contributed by atoms with Crippen molar-refractivity contribution in [2.45, 2.75) is 6.56 Å². The Bertz CT molecular complexity index is 355. The van der Waals surface area contributed by atoms with Crippen molar-refractivity contribution in [2.75, 3.05) is 14.1 Å². The molecule has 1 amide bonds. The molecule has 13 heavy (non-hydrogen) atoms. The first-order valence-corrected chi connectivity index (χ1v) is 3.87. The van der Waals surface area contributed by atoms with Gasteiger partial charge in [-0.1, -0.05) is 12.1 Å². The first-order valence-electron chi connectivity index (χ1n) is 4.87. The summed E-state index contributed by atoms with van der Waals surface area (Å²) in [6.07, 6.45) is 0. The van der Waals surface area contributed by atoms with Crippen LogP contribution in [0.1, 0.15) is 18.7 Å². The fraction of sp³-hybridized carbons (Fsp3) is 0.300. The normalized spacial score (nSPS) is 13.2. The molecule has 0 unspecified atom stereocenters. The third-order valence-electron chi connectivity index (χ3n) is 1.67. The largest absolute Gasteiger partial charge is 0.392 e. The molecule has 1 N–H and O–H groups in total. The third-order valence-corrected chi connectivity index (χ3v) is 1.67. The molecule has 0 saturated heterocycles. The lowest BCUT2D eigenvalue weighted by molar-refractivity contribution is 0.0827.